The molecule has 0 aliphatic carbocycles. The molecule has 0 spiro atoms. The molecule has 3 fully saturated rings. The molecule has 0 amide bonds. The Hall–Kier alpha value is -2.39. The Labute approximate surface area is 179 Å². The second-order valence-electron chi connectivity index (χ2n) is 8.43. The first-order valence-corrected chi connectivity index (χ1v) is 10.7. The van der Waals surface area contributed by atoms with Gasteiger partial charge in [-0.1, -0.05) is 49.1 Å². The molecule has 2 aromatic rings. The second-order valence-corrected chi connectivity index (χ2v) is 8.43. The fourth-order valence-electron chi connectivity index (χ4n) is 4.68. The summed E-state index contributed by atoms with van der Waals surface area (Å²) in [7, 11) is 1.65. The van der Waals surface area contributed by atoms with Crippen LogP contribution in [0.2, 0.25) is 0 Å². The molecule has 2 bridgehead atoms. The first-order chi connectivity index (χ1) is 14.6. The Bertz CT molecular complexity index is 921. The quantitative estimate of drug-likeness (QED) is 0.591. The molecule has 3 unspecified atom stereocenters. The maximum absolute atomic E-state index is 11.3. The minimum Gasteiger partial charge on any atom is -0.475 e. The van der Waals surface area contributed by atoms with E-state index >= 15 is 0 Å². The van der Waals surface area contributed by atoms with Crippen molar-refractivity contribution in [3.63, 3.8) is 0 Å². The lowest BCUT2D eigenvalue weighted by Crippen LogP contribution is -2.61. The number of hydrogen-bond donors (Lipinski definition) is 1. The Morgan fingerprint density at radius 1 is 1.20 bits per heavy atom. The average Bonchev–Trinajstić information content (AvgIpc) is 2.74. The van der Waals surface area contributed by atoms with Gasteiger partial charge in [0.2, 0.25) is 5.88 Å². The molecular weight excluding hydrogens is 376 g/mol. The molecule has 5 heteroatoms. The van der Waals surface area contributed by atoms with Crippen molar-refractivity contribution in [1.82, 2.24) is 9.88 Å². The van der Waals surface area contributed by atoms with Gasteiger partial charge in [-0.15, -0.1) is 0 Å². The standard InChI is InChI=1S/C25H30N2O3/c1-19-17-27-13-11-22(19)25(28,18-27)12-10-21-8-9-24(30-15-14-29-2)26-23(21)16-20-6-4-3-5-7-20/h3-9,19,22,28H,11,13-18H2,1-2H3/t19?,22?,25-/m1/s1. The zero-order valence-corrected chi connectivity index (χ0v) is 17.8. The van der Waals surface area contributed by atoms with Crippen LogP contribution in [0.4, 0.5) is 0 Å². The monoisotopic (exact) mass is 406 g/mol. The van der Waals surface area contributed by atoms with E-state index < -0.39 is 5.60 Å². The Morgan fingerprint density at radius 3 is 2.77 bits per heavy atom. The number of fused-ring (bicyclic) bond motifs is 3. The maximum atomic E-state index is 11.3. The molecule has 1 aromatic carbocycles. The predicted molar refractivity (Wildman–Crippen MR) is 116 cm³/mol. The van der Waals surface area contributed by atoms with Crippen LogP contribution in [0.1, 0.15) is 30.2 Å². The number of aromatic nitrogens is 1. The van der Waals surface area contributed by atoms with Gasteiger partial charge < -0.3 is 14.6 Å². The highest BCUT2D eigenvalue weighted by Crippen LogP contribution is 2.39. The van der Waals surface area contributed by atoms with E-state index in [2.05, 4.69) is 35.8 Å². The van der Waals surface area contributed by atoms with E-state index in [1.54, 1.807) is 7.11 Å². The first kappa shape index (κ1) is 20.9. The van der Waals surface area contributed by atoms with Crippen LogP contribution < -0.4 is 4.74 Å². The fourth-order valence-corrected chi connectivity index (χ4v) is 4.68. The maximum Gasteiger partial charge on any atom is 0.213 e. The lowest BCUT2D eigenvalue weighted by atomic mass is 9.70. The minimum absolute atomic E-state index is 0.234. The van der Waals surface area contributed by atoms with E-state index in [4.69, 9.17) is 14.5 Å². The normalized spacial score (nSPS) is 27.4. The third-order valence-electron chi connectivity index (χ3n) is 6.18. The van der Waals surface area contributed by atoms with Gasteiger partial charge in [0.1, 0.15) is 12.2 Å². The Morgan fingerprint density at radius 2 is 2.03 bits per heavy atom. The zero-order valence-electron chi connectivity index (χ0n) is 17.8. The van der Waals surface area contributed by atoms with Crippen molar-refractivity contribution >= 4 is 0 Å². The van der Waals surface area contributed by atoms with Gasteiger partial charge in [0.15, 0.2) is 0 Å². The molecule has 30 heavy (non-hydrogen) atoms. The van der Waals surface area contributed by atoms with Gasteiger partial charge in [-0.05, 0) is 30.5 Å². The van der Waals surface area contributed by atoms with Gasteiger partial charge in [-0.3, -0.25) is 4.90 Å². The molecule has 4 heterocycles. The summed E-state index contributed by atoms with van der Waals surface area (Å²) in [6.45, 7) is 5.94. The van der Waals surface area contributed by atoms with Crippen LogP contribution in [0.3, 0.4) is 0 Å². The van der Waals surface area contributed by atoms with Crippen molar-refractivity contribution in [2.45, 2.75) is 25.4 Å². The van der Waals surface area contributed by atoms with E-state index in [-0.39, 0.29) is 5.92 Å². The zero-order chi connectivity index (χ0) is 21.0. The summed E-state index contributed by atoms with van der Waals surface area (Å²) in [5.41, 5.74) is 1.92. The molecule has 4 atom stereocenters. The van der Waals surface area contributed by atoms with Crippen LogP contribution in [-0.2, 0) is 11.2 Å². The molecule has 3 saturated heterocycles. The van der Waals surface area contributed by atoms with Crippen LogP contribution in [0.5, 0.6) is 5.88 Å². The van der Waals surface area contributed by atoms with Gasteiger partial charge in [-0.25, -0.2) is 4.98 Å². The van der Waals surface area contributed by atoms with Crippen LogP contribution in [0.15, 0.2) is 42.5 Å². The number of ether oxygens (including phenoxy) is 2. The number of piperidine rings is 3. The number of aliphatic hydroxyl groups is 1. The van der Waals surface area contributed by atoms with E-state index in [1.165, 1.54) is 0 Å². The van der Waals surface area contributed by atoms with Gasteiger partial charge in [0, 0.05) is 44.2 Å². The van der Waals surface area contributed by atoms with Crippen LogP contribution in [0, 0.1) is 23.7 Å². The van der Waals surface area contributed by atoms with Crippen molar-refractivity contribution in [1.29, 1.82) is 0 Å². The van der Waals surface area contributed by atoms with Gasteiger partial charge in [0.05, 0.1) is 12.3 Å². The van der Waals surface area contributed by atoms with Gasteiger partial charge in [-0.2, -0.15) is 0 Å². The molecule has 1 aromatic heterocycles. The molecule has 5 nitrogen and oxygen atoms in total. The lowest BCUT2D eigenvalue weighted by molar-refractivity contribution is -0.0987. The van der Waals surface area contributed by atoms with Crippen molar-refractivity contribution < 1.29 is 14.6 Å². The first-order valence-electron chi connectivity index (χ1n) is 10.7. The third-order valence-corrected chi connectivity index (χ3v) is 6.18. The minimum atomic E-state index is -0.951. The number of pyridine rings is 1. The predicted octanol–water partition coefficient (Wildman–Crippen LogP) is 2.75. The molecule has 3 aliphatic heterocycles. The summed E-state index contributed by atoms with van der Waals surface area (Å²) < 4.78 is 10.8. The highest BCUT2D eigenvalue weighted by Gasteiger charge is 2.48. The van der Waals surface area contributed by atoms with Gasteiger partial charge in [0.25, 0.3) is 0 Å². The van der Waals surface area contributed by atoms with E-state index in [1.807, 2.05) is 30.3 Å². The topological polar surface area (TPSA) is 54.8 Å². The summed E-state index contributed by atoms with van der Waals surface area (Å²) in [5, 5.41) is 11.3. The number of methoxy groups -OCH3 is 1. The largest absolute Gasteiger partial charge is 0.475 e. The molecule has 0 saturated carbocycles. The smallest absolute Gasteiger partial charge is 0.213 e. The molecule has 5 rings (SSSR count). The molecular formula is C25H30N2O3. The fraction of sp³-hybridized carbons (Fsp3) is 0.480. The number of nitrogens with zero attached hydrogens (tertiary/aromatic N) is 2. The number of hydrogen-bond acceptors (Lipinski definition) is 5. The number of rotatable bonds is 6. The average molecular weight is 407 g/mol. The highest BCUT2D eigenvalue weighted by molar-refractivity contribution is 5.44. The van der Waals surface area contributed by atoms with Crippen LogP contribution in [-0.4, -0.2) is 60.5 Å². The SMILES string of the molecule is COCCOc1ccc(C#C[C@@]2(O)CN3CCC2C(C)C3)c(Cc2ccccc2)n1. The second kappa shape index (κ2) is 9.18. The van der Waals surface area contributed by atoms with Crippen molar-refractivity contribution in [3.8, 4) is 17.7 Å². The van der Waals surface area contributed by atoms with Crippen LogP contribution in [0.25, 0.3) is 0 Å². The molecule has 3 aliphatic rings. The third kappa shape index (κ3) is 4.67. The van der Waals surface area contributed by atoms with Crippen molar-refractivity contribution in [2.75, 3.05) is 40.0 Å². The molecule has 1 N–H and O–H groups in total. The summed E-state index contributed by atoms with van der Waals surface area (Å²) >= 11 is 0. The summed E-state index contributed by atoms with van der Waals surface area (Å²) in [5.74, 6) is 7.78. The van der Waals surface area contributed by atoms with Crippen molar-refractivity contribution in [3.05, 3.63) is 59.3 Å². The van der Waals surface area contributed by atoms with Gasteiger partial charge >= 0.3 is 0 Å². The Kier molecular flexibility index (Phi) is 6.38. The van der Waals surface area contributed by atoms with E-state index in [0.29, 0.717) is 38.0 Å². The summed E-state index contributed by atoms with van der Waals surface area (Å²) in [6.07, 6.45) is 1.67. The highest BCUT2D eigenvalue weighted by atomic mass is 16.5. The lowest BCUT2D eigenvalue weighted by Gasteiger charge is -2.51. The van der Waals surface area contributed by atoms with Crippen LogP contribution >= 0.6 is 0 Å². The van der Waals surface area contributed by atoms with Crippen molar-refractivity contribution in [2.24, 2.45) is 11.8 Å². The molecule has 0 radical (unpaired) electrons. The molecule has 158 valence electrons. The number of benzene rings is 1. The summed E-state index contributed by atoms with van der Waals surface area (Å²) in [4.78, 5) is 7.05. The van der Waals surface area contributed by atoms with E-state index in [9.17, 15) is 5.11 Å². The summed E-state index contributed by atoms with van der Waals surface area (Å²) in [6, 6.07) is 14.0. The Balaban J connectivity index is 1.61. The van der Waals surface area contributed by atoms with E-state index in [0.717, 1.165) is 36.3 Å².